The molecule has 5 atom stereocenters. The molecule has 6 N–H and O–H groups in total. The zero-order valence-electron chi connectivity index (χ0n) is 25.1. The summed E-state index contributed by atoms with van der Waals surface area (Å²) in [6, 6.07) is -2.51. The summed E-state index contributed by atoms with van der Waals surface area (Å²) < 4.78 is 5.25. The molecule has 0 heterocycles. The molecule has 39 heavy (non-hydrogen) atoms. The number of rotatable bonds is 18. The molecule has 0 spiro atoms. The number of hydrogen-bond donors (Lipinski definition) is 6. The average Bonchev–Trinajstić information content (AvgIpc) is 2.79. The molecule has 228 valence electrons. The van der Waals surface area contributed by atoms with Crippen molar-refractivity contribution in [2.45, 2.75) is 143 Å². The van der Waals surface area contributed by atoms with Crippen LogP contribution >= 0.6 is 0 Å². The predicted octanol–water partition coefficient (Wildman–Crippen LogP) is 1.91. The van der Waals surface area contributed by atoms with Crippen LogP contribution in [0, 0.1) is 11.8 Å². The van der Waals surface area contributed by atoms with Crippen molar-refractivity contribution in [1.29, 1.82) is 0 Å². The van der Waals surface area contributed by atoms with Gasteiger partial charge in [0.1, 0.15) is 17.7 Å². The van der Waals surface area contributed by atoms with Crippen LogP contribution in [0.25, 0.3) is 0 Å². The lowest BCUT2D eigenvalue weighted by atomic mass is 9.96. The number of nitrogens with one attached hydrogen (secondary N) is 3. The van der Waals surface area contributed by atoms with Crippen LogP contribution in [0.5, 0.6) is 0 Å². The lowest BCUT2D eigenvalue weighted by Crippen LogP contribution is -2.57. The van der Waals surface area contributed by atoms with E-state index in [1.807, 2.05) is 34.6 Å². The highest BCUT2D eigenvalue weighted by molar-refractivity contribution is 5.92. The second-order valence-electron chi connectivity index (χ2n) is 11.7. The molecule has 0 unspecified atom stereocenters. The minimum Gasteiger partial charge on any atom is -0.460 e. The number of aliphatic hydroxyl groups excluding tert-OH is 2. The second kappa shape index (κ2) is 18.2. The van der Waals surface area contributed by atoms with E-state index in [1.165, 1.54) is 0 Å². The number of ether oxygens (including phenoxy) is 1. The summed E-state index contributed by atoms with van der Waals surface area (Å²) in [6.07, 6.45) is -0.878. The zero-order valence-corrected chi connectivity index (χ0v) is 25.1. The molecule has 0 bridgehead atoms. The van der Waals surface area contributed by atoms with Crippen molar-refractivity contribution in [2.75, 3.05) is 0 Å². The van der Waals surface area contributed by atoms with Crippen molar-refractivity contribution in [3.63, 3.8) is 0 Å². The Morgan fingerprint density at radius 3 is 1.95 bits per heavy atom. The Bertz CT molecular complexity index is 766. The summed E-state index contributed by atoms with van der Waals surface area (Å²) in [5.74, 6) is -1.86. The van der Waals surface area contributed by atoms with Gasteiger partial charge in [-0.3, -0.25) is 19.2 Å². The predicted molar refractivity (Wildman–Crippen MR) is 148 cm³/mol. The van der Waals surface area contributed by atoms with Crippen molar-refractivity contribution < 1.29 is 39.2 Å². The highest BCUT2D eigenvalue weighted by atomic mass is 16.6. The molecule has 0 fully saturated rings. The number of carbonyl (C=O) groups excluding carboxylic acids is 4. The number of carbonyl (C=O) groups is 4. The van der Waals surface area contributed by atoms with Crippen LogP contribution in [-0.4, -0.2) is 75.1 Å². The van der Waals surface area contributed by atoms with Crippen molar-refractivity contribution in [1.82, 2.24) is 16.0 Å². The van der Waals surface area contributed by atoms with E-state index in [9.17, 15) is 34.5 Å². The minimum absolute atomic E-state index is 0.0454. The molecule has 11 nitrogen and oxygen atoms in total. The largest absolute Gasteiger partial charge is 0.460 e. The molecular formula is C28H53N3O8. The number of aliphatic hydroxyl groups is 3. The maximum Gasteiger partial charge on any atom is 0.306 e. The smallest absolute Gasteiger partial charge is 0.306 e. The van der Waals surface area contributed by atoms with Gasteiger partial charge in [0.2, 0.25) is 17.7 Å². The Labute approximate surface area is 233 Å². The molecule has 0 radical (unpaired) electrons. The van der Waals surface area contributed by atoms with Crippen LogP contribution < -0.4 is 16.0 Å². The first kappa shape index (κ1) is 36.8. The molecule has 0 saturated carbocycles. The van der Waals surface area contributed by atoms with Crippen LogP contribution in [0.3, 0.4) is 0 Å². The van der Waals surface area contributed by atoms with Crippen molar-refractivity contribution in [3.8, 4) is 0 Å². The van der Waals surface area contributed by atoms with Gasteiger partial charge in [-0.25, -0.2) is 0 Å². The lowest BCUT2D eigenvalue weighted by Gasteiger charge is -2.30. The second-order valence-corrected chi connectivity index (χ2v) is 11.7. The van der Waals surface area contributed by atoms with E-state index < -0.39 is 53.9 Å². The highest BCUT2D eigenvalue weighted by Gasteiger charge is 2.32. The van der Waals surface area contributed by atoms with E-state index in [2.05, 4.69) is 16.0 Å². The molecule has 0 aromatic heterocycles. The van der Waals surface area contributed by atoms with Gasteiger partial charge < -0.3 is 36.0 Å². The normalized spacial score (nSPS) is 15.7. The highest BCUT2D eigenvalue weighted by Crippen LogP contribution is 2.15. The molecule has 11 heteroatoms. The Balaban J connectivity index is 5.35. The monoisotopic (exact) mass is 559 g/mol. The van der Waals surface area contributed by atoms with Crippen LogP contribution in [0.15, 0.2) is 0 Å². The average molecular weight is 560 g/mol. The fourth-order valence-electron chi connectivity index (χ4n) is 4.04. The van der Waals surface area contributed by atoms with Crippen molar-refractivity contribution in [3.05, 3.63) is 0 Å². The third-order valence-corrected chi connectivity index (χ3v) is 6.20. The van der Waals surface area contributed by atoms with Gasteiger partial charge in [0.05, 0.1) is 12.1 Å². The van der Waals surface area contributed by atoms with E-state index in [0.29, 0.717) is 25.7 Å². The molecule has 0 aromatic rings. The fourth-order valence-corrected chi connectivity index (χ4v) is 4.04. The van der Waals surface area contributed by atoms with Gasteiger partial charge in [0.25, 0.3) is 0 Å². The van der Waals surface area contributed by atoms with E-state index in [1.54, 1.807) is 20.8 Å². The lowest BCUT2D eigenvalue weighted by molar-refractivity contribution is -0.155. The van der Waals surface area contributed by atoms with Crippen LogP contribution in [-0.2, 0) is 23.9 Å². The first-order valence-corrected chi connectivity index (χ1v) is 14.2. The number of hydrogen-bond acceptors (Lipinski definition) is 8. The molecule has 0 aliphatic rings. The van der Waals surface area contributed by atoms with E-state index in [-0.39, 0.29) is 43.4 Å². The topological polar surface area (TPSA) is 174 Å². The molecule has 0 aromatic carbocycles. The fraction of sp³-hybridized carbons (Fsp3) is 0.857. The van der Waals surface area contributed by atoms with Gasteiger partial charge >= 0.3 is 5.97 Å². The van der Waals surface area contributed by atoms with Crippen LogP contribution in [0.2, 0.25) is 0 Å². The third kappa shape index (κ3) is 16.5. The van der Waals surface area contributed by atoms with Crippen LogP contribution in [0.4, 0.5) is 0 Å². The molecular weight excluding hydrogens is 506 g/mol. The van der Waals surface area contributed by atoms with Gasteiger partial charge in [-0.05, 0) is 51.9 Å². The maximum atomic E-state index is 13.3. The minimum atomic E-state index is -1.72. The Morgan fingerprint density at radius 1 is 0.846 bits per heavy atom. The molecule has 0 saturated heterocycles. The summed E-state index contributed by atoms with van der Waals surface area (Å²) >= 11 is 0. The van der Waals surface area contributed by atoms with E-state index >= 15 is 0 Å². The first-order chi connectivity index (χ1) is 18.0. The number of esters is 1. The first-order valence-electron chi connectivity index (χ1n) is 14.2. The summed E-state index contributed by atoms with van der Waals surface area (Å²) in [6.45, 7) is 14.7. The van der Waals surface area contributed by atoms with Gasteiger partial charge in [0, 0.05) is 19.3 Å². The van der Waals surface area contributed by atoms with Crippen molar-refractivity contribution in [2.24, 2.45) is 11.8 Å². The Morgan fingerprint density at radius 2 is 1.46 bits per heavy atom. The molecule has 3 amide bonds. The van der Waals surface area contributed by atoms with E-state index in [0.717, 1.165) is 0 Å². The van der Waals surface area contributed by atoms with Crippen LogP contribution in [0.1, 0.15) is 107 Å². The summed E-state index contributed by atoms with van der Waals surface area (Å²) in [5.41, 5.74) is -0.604. The van der Waals surface area contributed by atoms with Gasteiger partial charge in [0.15, 0.2) is 6.29 Å². The summed E-state index contributed by atoms with van der Waals surface area (Å²) in [7, 11) is 0. The Hall–Kier alpha value is -2.24. The zero-order chi connectivity index (χ0) is 30.3. The van der Waals surface area contributed by atoms with Crippen molar-refractivity contribution >= 4 is 23.7 Å². The van der Waals surface area contributed by atoms with Gasteiger partial charge in [-0.1, -0.05) is 47.5 Å². The molecule has 0 aliphatic carbocycles. The quantitative estimate of drug-likeness (QED) is 0.109. The van der Waals surface area contributed by atoms with Gasteiger partial charge in [-0.15, -0.1) is 0 Å². The molecule has 0 aliphatic heterocycles. The Kier molecular flexibility index (Phi) is 17.1. The summed E-state index contributed by atoms with van der Waals surface area (Å²) in [5, 5.41) is 37.2. The maximum absolute atomic E-state index is 13.3. The SMILES string of the molecule is CCC[C@H](NC(=O)[C@@H](NC(=O)CCCC(=O)OC(C)(C)C)[C@H](C)CC)C(=O)N[C@@H](CC(C)C)[C@@H](O)CC(O)O. The number of amides is 3. The summed E-state index contributed by atoms with van der Waals surface area (Å²) in [4.78, 5) is 50.9. The molecule has 0 rings (SSSR count). The standard InChI is InChI=1S/C28H53N3O8/c1-9-12-19(26(37)30-20(15-17(3)4)21(32)16-23(34)35)29-27(38)25(18(5)10-2)31-22(33)13-11-14-24(36)39-28(6,7)8/h17-21,23,25,32,34-35H,9-16H2,1-8H3,(H,29,38)(H,30,37)(H,31,33)/t18-,19+,20+,21+,25+/m1/s1. The van der Waals surface area contributed by atoms with E-state index in [4.69, 9.17) is 4.74 Å². The third-order valence-electron chi connectivity index (χ3n) is 6.20. The van der Waals surface area contributed by atoms with Gasteiger partial charge in [-0.2, -0.15) is 0 Å².